The molecule has 1 aliphatic rings. The molecule has 1 saturated heterocycles. The number of carboxylic acid groups (broad SMARTS) is 1. The monoisotopic (exact) mass is 515 g/mol. The molecule has 0 aliphatic carbocycles. The van der Waals surface area contributed by atoms with Crippen molar-refractivity contribution in [2.24, 2.45) is 11.8 Å². The molecule has 0 saturated carbocycles. The van der Waals surface area contributed by atoms with Crippen molar-refractivity contribution in [3.63, 3.8) is 0 Å². The third-order valence-electron chi connectivity index (χ3n) is 6.58. The molecule has 2 unspecified atom stereocenters. The first-order chi connectivity index (χ1) is 17.4. The number of aromatic nitrogens is 2. The lowest BCUT2D eigenvalue weighted by Crippen LogP contribution is -2.44. The number of rotatable bonds is 10. The molecule has 10 heteroatoms. The lowest BCUT2D eigenvalue weighted by molar-refractivity contribution is -0.146. The number of ketones is 1. The molecule has 7 nitrogen and oxygen atoms in total. The van der Waals surface area contributed by atoms with Gasteiger partial charge in [-0.2, -0.15) is 0 Å². The highest BCUT2D eigenvalue weighted by Gasteiger charge is 2.34. The van der Waals surface area contributed by atoms with Crippen molar-refractivity contribution in [1.82, 2.24) is 14.9 Å². The van der Waals surface area contributed by atoms with E-state index >= 15 is 0 Å². The molecular formula is C26H27F2N3O4S. The van der Waals surface area contributed by atoms with E-state index in [4.69, 9.17) is 4.74 Å². The number of ether oxygens (including phenoxy) is 1. The maximum Gasteiger partial charge on any atom is 0.308 e. The van der Waals surface area contributed by atoms with Crippen molar-refractivity contribution < 1.29 is 28.2 Å². The van der Waals surface area contributed by atoms with Crippen LogP contribution in [0.1, 0.15) is 29.6 Å². The summed E-state index contributed by atoms with van der Waals surface area (Å²) in [5.41, 5.74) is 0.447. The Bertz CT molecular complexity index is 1260. The lowest BCUT2D eigenvalue weighted by atomic mass is 9.81. The molecule has 0 spiro atoms. The normalized spacial score (nSPS) is 18.3. The quantitative estimate of drug-likeness (QED) is 0.307. The minimum Gasteiger partial charge on any atom is -0.497 e. The molecule has 0 radical (unpaired) electrons. The van der Waals surface area contributed by atoms with Gasteiger partial charge in [0.15, 0.2) is 17.4 Å². The van der Waals surface area contributed by atoms with E-state index in [-0.39, 0.29) is 29.5 Å². The van der Waals surface area contributed by atoms with Gasteiger partial charge >= 0.3 is 5.97 Å². The number of pyridine rings is 2. The summed E-state index contributed by atoms with van der Waals surface area (Å²) < 4.78 is 33.6. The average molecular weight is 516 g/mol. The fourth-order valence-corrected chi connectivity index (χ4v) is 5.53. The molecule has 1 fully saturated rings. The predicted molar refractivity (Wildman–Crippen MR) is 132 cm³/mol. The van der Waals surface area contributed by atoms with Crippen LogP contribution in [0, 0.1) is 23.5 Å². The highest BCUT2D eigenvalue weighted by atomic mass is 32.2. The maximum atomic E-state index is 14.6. The minimum absolute atomic E-state index is 0.0382. The van der Waals surface area contributed by atoms with Crippen LogP contribution in [-0.4, -0.2) is 64.2 Å². The van der Waals surface area contributed by atoms with Gasteiger partial charge in [-0.25, -0.2) is 13.8 Å². The van der Waals surface area contributed by atoms with E-state index in [1.54, 1.807) is 18.2 Å². The zero-order valence-electron chi connectivity index (χ0n) is 19.8. The molecule has 3 heterocycles. The van der Waals surface area contributed by atoms with Gasteiger partial charge in [0.2, 0.25) is 0 Å². The fourth-order valence-electron chi connectivity index (χ4n) is 4.64. The lowest BCUT2D eigenvalue weighted by Gasteiger charge is -2.36. The Hall–Kier alpha value is -3.11. The number of benzene rings is 1. The first-order valence-corrected chi connectivity index (χ1v) is 12.7. The Kier molecular flexibility index (Phi) is 8.48. The highest BCUT2D eigenvalue weighted by molar-refractivity contribution is 7.99. The van der Waals surface area contributed by atoms with Crippen LogP contribution in [0.5, 0.6) is 5.75 Å². The Balaban J connectivity index is 1.37. The van der Waals surface area contributed by atoms with Crippen molar-refractivity contribution in [3.05, 3.63) is 59.9 Å². The van der Waals surface area contributed by atoms with Crippen LogP contribution < -0.4 is 4.74 Å². The molecule has 2 atom stereocenters. The number of fused-ring (bicyclic) bond motifs is 1. The van der Waals surface area contributed by atoms with Crippen LogP contribution in [0.2, 0.25) is 0 Å². The average Bonchev–Trinajstić information content (AvgIpc) is 2.88. The number of carbonyl (C=O) groups excluding carboxylic acids is 1. The van der Waals surface area contributed by atoms with Crippen molar-refractivity contribution >= 4 is 34.4 Å². The zero-order valence-corrected chi connectivity index (χ0v) is 20.6. The number of thioether (sulfide) groups is 1. The van der Waals surface area contributed by atoms with Gasteiger partial charge in [-0.1, -0.05) is 0 Å². The predicted octanol–water partition coefficient (Wildman–Crippen LogP) is 4.69. The third kappa shape index (κ3) is 5.99. The summed E-state index contributed by atoms with van der Waals surface area (Å²) in [5.74, 6) is -2.12. The van der Waals surface area contributed by atoms with Crippen LogP contribution in [-0.2, 0) is 4.79 Å². The summed E-state index contributed by atoms with van der Waals surface area (Å²) in [4.78, 5) is 35.2. The number of nitrogens with zero attached hydrogens (tertiary/aromatic N) is 3. The van der Waals surface area contributed by atoms with E-state index in [9.17, 15) is 23.5 Å². The third-order valence-corrected chi connectivity index (χ3v) is 7.54. The van der Waals surface area contributed by atoms with Crippen molar-refractivity contribution in [1.29, 1.82) is 0 Å². The second-order valence-corrected chi connectivity index (χ2v) is 9.84. The van der Waals surface area contributed by atoms with E-state index in [1.165, 1.54) is 37.2 Å². The van der Waals surface area contributed by atoms with Gasteiger partial charge in [0, 0.05) is 36.8 Å². The smallest absolute Gasteiger partial charge is 0.308 e. The van der Waals surface area contributed by atoms with Gasteiger partial charge in [0.1, 0.15) is 10.8 Å². The molecule has 36 heavy (non-hydrogen) atoms. The van der Waals surface area contributed by atoms with Crippen LogP contribution in [0.25, 0.3) is 10.9 Å². The van der Waals surface area contributed by atoms with Gasteiger partial charge in [0.25, 0.3) is 0 Å². The van der Waals surface area contributed by atoms with Gasteiger partial charge in [-0.15, -0.1) is 11.8 Å². The molecule has 4 rings (SSSR count). The number of hydrogen-bond acceptors (Lipinski definition) is 7. The SMILES string of the molecule is COc1ccc2ncc(F)c(C(=O)CCC3CCN(CCSc4ncccc4F)CC3C(=O)O)c2c1. The topological polar surface area (TPSA) is 92.6 Å². The van der Waals surface area contributed by atoms with Crippen molar-refractivity contribution in [2.45, 2.75) is 24.3 Å². The number of carboxylic acids is 1. The first kappa shape index (κ1) is 26.0. The number of carbonyl (C=O) groups is 2. The number of likely N-dealkylation sites (tertiary alicyclic amines) is 1. The molecule has 1 aromatic carbocycles. The number of hydrogen-bond donors (Lipinski definition) is 1. The summed E-state index contributed by atoms with van der Waals surface area (Å²) in [7, 11) is 1.49. The summed E-state index contributed by atoms with van der Waals surface area (Å²) in [6.07, 6.45) is 3.58. The summed E-state index contributed by atoms with van der Waals surface area (Å²) in [6.45, 7) is 1.63. The van der Waals surface area contributed by atoms with Crippen molar-refractivity contribution in [3.8, 4) is 5.75 Å². The first-order valence-electron chi connectivity index (χ1n) is 11.7. The van der Waals surface area contributed by atoms with E-state index in [0.717, 1.165) is 6.20 Å². The van der Waals surface area contributed by atoms with E-state index in [2.05, 4.69) is 9.97 Å². The Morgan fingerprint density at radius 1 is 1.22 bits per heavy atom. The summed E-state index contributed by atoms with van der Waals surface area (Å²) in [6, 6.07) is 7.85. The van der Waals surface area contributed by atoms with Crippen LogP contribution in [0.4, 0.5) is 8.78 Å². The second-order valence-electron chi connectivity index (χ2n) is 8.76. The van der Waals surface area contributed by atoms with Crippen LogP contribution in [0.15, 0.2) is 47.8 Å². The van der Waals surface area contributed by atoms with Gasteiger partial charge in [0.05, 0.1) is 30.3 Å². The number of piperidine rings is 1. The number of halogens is 2. The number of Topliss-reactive ketones (excluding diaryl/α,β-unsaturated/α-hetero) is 1. The minimum atomic E-state index is -0.911. The largest absolute Gasteiger partial charge is 0.497 e. The summed E-state index contributed by atoms with van der Waals surface area (Å²) in [5, 5.41) is 10.5. The molecule has 0 bridgehead atoms. The van der Waals surface area contributed by atoms with Crippen LogP contribution >= 0.6 is 11.8 Å². The molecule has 2 aromatic heterocycles. The van der Waals surface area contributed by atoms with E-state index in [1.807, 2.05) is 4.90 Å². The Morgan fingerprint density at radius 3 is 2.81 bits per heavy atom. The zero-order chi connectivity index (χ0) is 25.7. The van der Waals surface area contributed by atoms with Gasteiger partial charge in [-0.05, 0) is 55.6 Å². The molecule has 0 amide bonds. The molecular weight excluding hydrogens is 488 g/mol. The van der Waals surface area contributed by atoms with E-state index < -0.39 is 17.7 Å². The maximum absolute atomic E-state index is 14.6. The van der Waals surface area contributed by atoms with Gasteiger partial charge in [-0.3, -0.25) is 14.6 Å². The molecule has 190 valence electrons. The molecule has 3 aromatic rings. The molecule has 1 N–H and O–H groups in total. The standard InChI is InChI=1S/C26H27F2N3O4S/c1-35-17-5-6-22-18(13-17)24(21(28)14-30-22)23(32)7-4-16-8-10-31(15-19(16)26(33)34)11-12-36-25-20(27)3-2-9-29-25/h2-3,5-6,9,13-14,16,19H,4,7-8,10-12,15H2,1H3,(H,33,34). The number of aliphatic carboxylic acids is 1. The van der Waals surface area contributed by atoms with Crippen molar-refractivity contribution in [2.75, 3.05) is 32.5 Å². The van der Waals surface area contributed by atoms with Crippen LogP contribution in [0.3, 0.4) is 0 Å². The summed E-state index contributed by atoms with van der Waals surface area (Å²) >= 11 is 1.30. The fraction of sp³-hybridized carbons (Fsp3) is 0.385. The Morgan fingerprint density at radius 2 is 2.06 bits per heavy atom. The van der Waals surface area contributed by atoms with E-state index in [0.29, 0.717) is 59.9 Å². The second kappa shape index (κ2) is 11.7. The number of methoxy groups -OCH3 is 1. The highest BCUT2D eigenvalue weighted by Crippen LogP contribution is 2.31. The van der Waals surface area contributed by atoms with Gasteiger partial charge < -0.3 is 14.7 Å². The molecule has 1 aliphatic heterocycles. The Labute approximate surface area is 211 Å².